The number of para-hydroxylation sites is 1. The van der Waals surface area contributed by atoms with E-state index >= 15 is 0 Å². The average molecular weight is 440 g/mol. The van der Waals surface area contributed by atoms with E-state index in [4.69, 9.17) is 0 Å². The summed E-state index contributed by atoms with van der Waals surface area (Å²) in [5.74, 6) is 0. The van der Waals surface area contributed by atoms with Crippen LogP contribution in [0.5, 0.6) is 0 Å². The molecule has 0 radical (unpaired) electrons. The Labute approximate surface area is 179 Å². The highest BCUT2D eigenvalue weighted by Crippen LogP contribution is 2.51. The summed E-state index contributed by atoms with van der Waals surface area (Å²) in [5.41, 5.74) is 8.65. The topological polar surface area (TPSA) is 4.93 Å². The van der Waals surface area contributed by atoms with Crippen molar-refractivity contribution in [3.8, 4) is 11.1 Å². The third-order valence-corrected chi connectivity index (χ3v) is 6.64. The predicted molar refractivity (Wildman–Crippen MR) is 129 cm³/mol. The molecule has 1 nitrogen and oxygen atoms in total. The van der Waals surface area contributed by atoms with Gasteiger partial charge in [0, 0.05) is 26.4 Å². The Morgan fingerprint density at radius 3 is 2.48 bits per heavy atom. The molecule has 0 aliphatic heterocycles. The van der Waals surface area contributed by atoms with Crippen molar-refractivity contribution in [1.29, 1.82) is 0 Å². The minimum absolute atomic E-state index is 0.0361. The van der Waals surface area contributed by atoms with Crippen molar-refractivity contribution in [2.45, 2.75) is 19.3 Å². The largest absolute Gasteiger partial charge is 0.310 e. The predicted octanol–water partition coefficient (Wildman–Crippen LogP) is 8.08. The number of rotatable bonds is 3. The maximum Gasteiger partial charge on any atom is 0.0547 e. The number of benzene rings is 3. The third kappa shape index (κ3) is 2.52. The van der Waals surface area contributed by atoms with Crippen LogP contribution in [0.15, 0.2) is 90.5 Å². The molecule has 0 spiro atoms. The first-order valence-corrected chi connectivity index (χ1v) is 10.6. The van der Waals surface area contributed by atoms with Crippen molar-refractivity contribution in [3.63, 3.8) is 0 Å². The molecule has 1 aliphatic carbocycles. The summed E-state index contributed by atoms with van der Waals surface area (Å²) in [6.07, 6.45) is 5.74. The molecule has 29 heavy (non-hydrogen) atoms. The van der Waals surface area contributed by atoms with Crippen molar-refractivity contribution in [2.75, 3.05) is 0 Å². The summed E-state index contributed by atoms with van der Waals surface area (Å²) in [6, 6.07) is 19.9. The molecule has 1 heterocycles. The maximum absolute atomic E-state index is 4.34. The molecule has 0 saturated heterocycles. The van der Waals surface area contributed by atoms with Crippen LogP contribution in [0.1, 0.15) is 25.0 Å². The molecule has 2 heteroatoms. The molecule has 5 rings (SSSR count). The SMILES string of the molecule is C=CC=CC(=C)n1c2ccccc2c2cc3c(cc21)-c1ccc(Br)cc1C3(C)C. The molecule has 142 valence electrons. The molecular formula is C27H22BrN. The van der Waals surface area contributed by atoms with E-state index < -0.39 is 0 Å². The number of fused-ring (bicyclic) bond motifs is 6. The van der Waals surface area contributed by atoms with Crippen LogP contribution in [0.25, 0.3) is 38.6 Å². The number of halogens is 1. The third-order valence-electron chi connectivity index (χ3n) is 6.14. The molecular weight excluding hydrogens is 418 g/mol. The van der Waals surface area contributed by atoms with Crippen molar-refractivity contribution < 1.29 is 0 Å². The lowest BCUT2D eigenvalue weighted by Gasteiger charge is -2.21. The molecule has 0 N–H and O–H groups in total. The van der Waals surface area contributed by atoms with Gasteiger partial charge in [0.2, 0.25) is 0 Å². The lowest BCUT2D eigenvalue weighted by Crippen LogP contribution is -2.14. The molecule has 1 aliphatic rings. The van der Waals surface area contributed by atoms with E-state index in [1.54, 1.807) is 6.08 Å². The van der Waals surface area contributed by atoms with E-state index in [2.05, 4.69) is 102 Å². The first-order chi connectivity index (χ1) is 13.9. The quantitative estimate of drug-likeness (QED) is 0.284. The molecule has 0 fully saturated rings. The van der Waals surface area contributed by atoms with Crippen molar-refractivity contribution in [2.24, 2.45) is 0 Å². The van der Waals surface area contributed by atoms with E-state index in [-0.39, 0.29) is 5.41 Å². The van der Waals surface area contributed by atoms with Gasteiger partial charge in [-0.25, -0.2) is 0 Å². The second kappa shape index (κ2) is 6.33. The molecule has 0 saturated carbocycles. The van der Waals surface area contributed by atoms with Gasteiger partial charge in [-0.3, -0.25) is 0 Å². The van der Waals surface area contributed by atoms with Gasteiger partial charge in [0.15, 0.2) is 0 Å². The van der Waals surface area contributed by atoms with Crippen molar-refractivity contribution in [1.82, 2.24) is 4.57 Å². The fourth-order valence-electron chi connectivity index (χ4n) is 4.73. The van der Waals surface area contributed by atoms with E-state index in [1.807, 2.05) is 12.2 Å². The summed E-state index contributed by atoms with van der Waals surface area (Å²) in [6.45, 7) is 12.8. The maximum atomic E-state index is 4.34. The number of hydrogen-bond acceptors (Lipinski definition) is 0. The molecule has 4 aromatic rings. The highest BCUT2D eigenvalue weighted by molar-refractivity contribution is 9.10. The summed E-state index contributed by atoms with van der Waals surface area (Å²) < 4.78 is 3.38. The standard InChI is InChI=1S/C27H22BrN/c1-5-6-9-17(2)29-25-11-8-7-10-20(25)22-15-24-21(16-26(22)29)19-13-12-18(28)14-23(19)27(24,3)4/h5-16H,1-2H2,3-4H3. The molecule has 0 amide bonds. The fraction of sp³-hybridized carbons (Fsp3) is 0.111. The lowest BCUT2D eigenvalue weighted by molar-refractivity contribution is 0.661. The summed E-state index contributed by atoms with van der Waals surface area (Å²) in [5, 5.41) is 2.53. The Balaban J connectivity index is 1.90. The van der Waals surface area contributed by atoms with Crippen LogP contribution in [-0.4, -0.2) is 4.57 Å². The van der Waals surface area contributed by atoms with Gasteiger partial charge in [-0.2, -0.15) is 0 Å². The first kappa shape index (κ1) is 18.2. The minimum atomic E-state index is -0.0361. The lowest BCUT2D eigenvalue weighted by atomic mass is 9.82. The minimum Gasteiger partial charge on any atom is -0.310 e. The monoisotopic (exact) mass is 439 g/mol. The van der Waals surface area contributed by atoms with Crippen molar-refractivity contribution in [3.05, 3.63) is 102 Å². The summed E-state index contributed by atoms with van der Waals surface area (Å²) >= 11 is 3.65. The van der Waals surface area contributed by atoms with Gasteiger partial charge in [-0.1, -0.05) is 79.4 Å². The summed E-state index contributed by atoms with van der Waals surface area (Å²) in [4.78, 5) is 0. The fourth-order valence-corrected chi connectivity index (χ4v) is 5.09. The van der Waals surface area contributed by atoms with Gasteiger partial charge < -0.3 is 4.57 Å². The van der Waals surface area contributed by atoms with Gasteiger partial charge in [-0.15, -0.1) is 0 Å². The molecule has 1 aromatic heterocycles. The van der Waals surface area contributed by atoms with Crippen LogP contribution in [0.4, 0.5) is 0 Å². The Bertz CT molecular complexity index is 1360. The number of nitrogens with zero attached hydrogens (tertiary/aromatic N) is 1. The second-order valence-corrected chi connectivity index (χ2v) is 9.08. The zero-order valence-electron chi connectivity index (χ0n) is 16.7. The Morgan fingerprint density at radius 1 is 0.931 bits per heavy atom. The number of allylic oxidation sites excluding steroid dienone is 4. The van der Waals surface area contributed by atoms with E-state index in [0.717, 1.165) is 10.2 Å². The normalized spacial score (nSPS) is 14.4. The van der Waals surface area contributed by atoms with Crippen LogP contribution in [0.2, 0.25) is 0 Å². The smallest absolute Gasteiger partial charge is 0.0547 e. The van der Waals surface area contributed by atoms with Gasteiger partial charge in [0.25, 0.3) is 0 Å². The van der Waals surface area contributed by atoms with Gasteiger partial charge in [-0.05, 0) is 58.7 Å². The van der Waals surface area contributed by atoms with E-state index in [9.17, 15) is 0 Å². The molecule has 0 atom stereocenters. The summed E-state index contributed by atoms with van der Waals surface area (Å²) in [7, 11) is 0. The Hall–Kier alpha value is -2.84. The second-order valence-electron chi connectivity index (χ2n) is 8.17. The highest BCUT2D eigenvalue weighted by atomic mass is 79.9. The van der Waals surface area contributed by atoms with Crippen LogP contribution in [0, 0.1) is 0 Å². The van der Waals surface area contributed by atoms with Gasteiger partial charge >= 0.3 is 0 Å². The van der Waals surface area contributed by atoms with Crippen molar-refractivity contribution >= 4 is 43.4 Å². The highest BCUT2D eigenvalue weighted by Gasteiger charge is 2.36. The van der Waals surface area contributed by atoms with Gasteiger partial charge in [0.1, 0.15) is 0 Å². The van der Waals surface area contributed by atoms with Gasteiger partial charge in [0.05, 0.1) is 11.0 Å². The zero-order valence-corrected chi connectivity index (χ0v) is 18.3. The molecule has 3 aromatic carbocycles. The van der Waals surface area contributed by atoms with E-state index in [0.29, 0.717) is 0 Å². The average Bonchev–Trinajstić information content (AvgIpc) is 3.14. The van der Waals surface area contributed by atoms with Crippen LogP contribution in [-0.2, 0) is 5.41 Å². The van der Waals surface area contributed by atoms with Crippen LogP contribution >= 0.6 is 15.9 Å². The van der Waals surface area contributed by atoms with E-state index in [1.165, 1.54) is 44.1 Å². The number of aromatic nitrogens is 1. The Kier molecular flexibility index (Phi) is 3.97. The molecule has 0 bridgehead atoms. The molecule has 0 unspecified atom stereocenters. The number of hydrogen-bond donors (Lipinski definition) is 0. The first-order valence-electron chi connectivity index (χ1n) is 9.80. The zero-order chi connectivity index (χ0) is 20.3. The Morgan fingerprint density at radius 2 is 1.69 bits per heavy atom. The van der Waals surface area contributed by atoms with Crippen LogP contribution < -0.4 is 0 Å². The van der Waals surface area contributed by atoms with Crippen LogP contribution in [0.3, 0.4) is 0 Å².